The van der Waals surface area contributed by atoms with E-state index >= 15 is 0 Å². The number of hydrogen-bond donors (Lipinski definition) is 2. The van der Waals surface area contributed by atoms with E-state index in [0.717, 1.165) is 25.1 Å². The Bertz CT molecular complexity index is 663. The SMILES string of the molecule is CCC(C)CC(C)NC(=O)[C@@H](N)Cc1cn(Cc2ccccc2)cn1.Cl.Cl. The summed E-state index contributed by atoms with van der Waals surface area (Å²) >= 11 is 0. The highest BCUT2D eigenvalue weighted by Crippen LogP contribution is 2.10. The van der Waals surface area contributed by atoms with Gasteiger partial charge in [0.15, 0.2) is 0 Å². The van der Waals surface area contributed by atoms with Gasteiger partial charge < -0.3 is 15.6 Å². The van der Waals surface area contributed by atoms with E-state index in [0.29, 0.717) is 12.3 Å². The molecular weight excluding hydrogens is 383 g/mol. The first-order valence-corrected chi connectivity index (χ1v) is 9.08. The van der Waals surface area contributed by atoms with Crippen LogP contribution in [-0.4, -0.2) is 27.5 Å². The normalized spacial score (nSPS) is 13.6. The summed E-state index contributed by atoms with van der Waals surface area (Å²) in [5.74, 6) is 0.494. The van der Waals surface area contributed by atoms with Gasteiger partial charge in [0.1, 0.15) is 0 Å². The van der Waals surface area contributed by atoms with Crippen molar-refractivity contribution in [3.8, 4) is 0 Å². The van der Waals surface area contributed by atoms with Crippen LogP contribution in [0.15, 0.2) is 42.9 Å². The molecule has 1 heterocycles. The highest BCUT2D eigenvalue weighted by Gasteiger charge is 2.18. The molecule has 1 aromatic carbocycles. The molecule has 1 amide bonds. The van der Waals surface area contributed by atoms with Crippen molar-refractivity contribution in [2.45, 2.75) is 58.7 Å². The molecule has 0 fully saturated rings. The van der Waals surface area contributed by atoms with Crippen molar-refractivity contribution in [1.29, 1.82) is 0 Å². The Hall–Kier alpha value is -1.56. The molecule has 0 bridgehead atoms. The Morgan fingerprint density at radius 1 is 1.22 bits per heavy atom. The third kappa shape index (κ3) is 8.78. The first-order chi connectivity index (χ1) is 12.0. The fraction of sp³-hybridized carbons (Fsp3) is 0.500. The molecule has 0 saturated heterocycles. The van der Waals surface area contributed by atoms with Crippen LogP contribution in [0.5, 0.6) is 0 Å². The van der Waals surface area contributed by atoms with E-state index in [2.05, 4.69) is 36.3 Å². The summed E-state index contributed by atoms with van der Waals surface area (Å²) in [7, 11) is 0. The monoisotopic (exact) mass is 414 g/mol. The largest absolute Gasteiger partial charge is 0.352 e. The molecule has 0 aliphatic rings. The van der Waals surface area contributed by atoms with Crippen LogP contribution >= 0.6 is 24.8 Å². The fourth-order valence-electron chi connectivity index (χ4n) is 2.89. The second-order valence-corrected chi connectivity index (χ2v) is 6.99. The smallest absolute Gasteiger partial charge is 0.237 e. The minimum Gasteiger partial charge on any atom is -0.352 e. The summed E-state index contributed by atoms with van der Waals surface area (Å²) in [5, 5.41) is 3.01. The van der Waals surface area contributed by atoms with Crippen molar-refractivity contribution in [2.24, 2.45) is 11.7 Å². The van der Waals surface area contributed by atoms with Crippen LogP contribution in [0.4, 0.5) is 0 Å². The predicted octanol–water partition coefficient (Wildman–Crippen LogP) is 3.59. The van der Waals surface area contributed by atoms with Gasteiger partial charge in [-0.25, -0.2) is 4.98 Å². The van der Waals surface area contributed by atoms with E-state index in [1.807, 2.05) is 35.9 Å². The Morgan fingerprint density at radius 3 is 2.52 bits per heavy atom. The first kappa shape index (κ1) is 25.4. The molecule has 0 spiro atoms. The van der Waals surface area contributed by atoms with E-state index in [1.165, 1.54) is 5.56 Å². The van der Waals surface area contributed by atoms with Crippen LogP contribution in [0.1, 0.15) is 44.9 Å². The van der Waals surface area contributed by atoms with Crippen LogP contribution in [0.25, 0.3) is 0 Å². The average Bonchev–Trinajstić information content (AvgIpc) is 3.02. The molecular formula is C20H32Cl2N4O. The number of carbonyl (C=O) groups excluding carboxylic acids is 1. The van der Waals surface area contributed by atoms with Crippen LogP contribution in [0.2, 0.25) is 0 Å². The van der Waals surface area contributed by atoms with Gasteiger partial charge in [-0.05, 0) is 24.8 Å². The van der Waals surface area contributed by atoms with Crippen LogP contribution in [-0.2, 0) is 17.8 Å². The lowest BCUT2D eigenvalue weighted by molar-refractivity contribution is -0.123. The van der Waals surface area contributed by atoms with Gasteiger partial charge in [-0.3, -0.25) is 4.79 Å². The van der Waals surface area contributed by atoms with E-state index < -0.39 is 6.04 Å². The maximum Gasteiger partial charge on any atom is 0.237 e. The molecule has 3 N–H and O–H groups in total. The lowest BCUT2D eigenvalue weighted by atomic mass is 10.00. The molecule has 2 rings (SSSR count). The minimum absolute atomic E-state index is 0. The van der Waals surface area contributed by atoms with Gasteiger partial charge in [-0.15, -0.1) is 24.8 Å². The number of nitrogens with one attached hydrogen (secondary N) is 1. The topological polar surface area (TPSA) is 72.9 Å². The lowest BCUT2D eigenvalue weighted by Gasteiger charge is -2.19. The van der Waals surface area contributed by atoms with Crippen molar-refractivity contribution in [3.05, 3.63) is 54.1 Å². The van der Waals surface area contributed by atoms with Gasteiger partial charge in [-0.2, -0.15) is 0 Å². The van der Waals surface area contributed by atoms with Crippen molar-refractivity contribution in [2.75, 3.05) is 0 Å². The quantitative estimate of drug-likeness (QED) is 0.658. The maximum absolute atomic E-state index is 12.3. The number of hydrogen-bond acceptors (Lipinski definition) is 3. The molecule has 0 saturated carbocycles. The van der Waals surface area contributed by atoms with E-state index in [4.69, 9.17) is 5.73 Å². The molecule has 2 aromatic rings. The lowest BCUT2D eigenvalue weighted by Crippen LogP contribution is -2.46. The summed E-state index contributed by atoms with van der Waals surface area (Å²) in [4.78, 5) is 16.6. The molecule has 3 atom stereocenters. The molecule has 5 nitrogen and oxygen atoms in total. The molecule has 0 aliphatic carbocycles. The molecule has 2 unspecified atom stereocenters. The van der Waals surface area contributed by atoms with Crippen molar-refractivity contribution in [3.63, 3.8) is 0 Å². The van der Waals surface area contributed by atoms with Crippen LogP contribution in [0.3, 0.4) is 0 Å². The van der Waals surface area contributed by atoms with Crippen LogP contribution in [0, 0.1) is 5.92 Å². The number of amides is 1. The van der Waals surface area contributed by atoms with Gasteiger partial charge in [-0.1, -0.05) is 50.6 Å². The number of halogens is 2. The highest BCUT2D eigenvalue weighted by atomic mass is 35.5. The van der Waals surface area contributed by atoms with E-state index in [9.17, 15) is 4.79 Å². The summed E-state index contributed by atoms with van der Waals surface area (Å²) in [6.07, 6.45) is 6.29. The first-order valence-electron chi connectivity index (χ1n) is 9.08. The summed E-state index contributed by atoms with van der Waals surface area (Å²) in [6, 6.07) is 9.78. The van der Waals surface area contributed by atoms with Gasteiger partial charge in [0.25, 0.3) is 0 Å². The third-order valence-electron chi connectivity index (χ3n) is 4.50. The predicted molar refractivity (Wildman–Crippen MR) is 116 cm³/mol. The minimum atomic E-state index is -0.570. The van der Waals surface area contributed by atoms with Gasteiger partial charge in [0, 0.05) is 25.2 Å². The van der Waals surface area contributed by atoms with Gasteiger partial charge in [0.2, 0.25) is 5.91 Å². The Labute approximate surface area is 174 Å². The molecule has 1 aromatic heterocycles. The molecule has 0 aliphatic heterocycles. The van der Waals surface area contributed by atoms with Crippen molar-refractivity contribution >= 4 is 30.7 Å². The van der Waals surface area contributed by atoms with E-state index in [1.54, 1.807) is 6.33 Å². The molecule has 0 radical (unpaired) electrons. The summed E-state index contributed by atoms with van der Waals surface area (Å²) < 4.78 is 2.01. The summed E-state index contributed by atoms with van der Waals surface area (Å²) in [5.41, 5.74) is 8.12. The zero-order valence-corrected chi connectivity index (χ0v) is 17.9. The number of rotatable bonds is 9. The average molecular weight is 415 g/mol. The molecule has 27 heavy (non-hydrogen) atoms. The number of carbonyl (C=O) groups is 1. The Morgan fingerprint density at radius 2 is 1.89 bits per heavy atom. The number of benzene rings is 1. The van der Waals surface area contributed by atoms with Crippen molar-refractivity contribution in [1.82, 2.24) is 14.9 Å². The maximum atomic E-state index is 12.3. The number of aromatic nitrogens is 2. The second-order valence-electron chi connectivity index (χ2n) is 6.99. The van der Waals surface area contributed by atoms with Gasteiger partial charge >= 0.3 is 0 Å². The zero-order valence-electron chi connectivity index (χ0n) is 16.3. The number of nitrogens with two attached hydrogens (primary N) is 1. The molecule has 7 heteroatoms. The molecule has 152 valence electrons. The zero-order chi connectivity index (χ0) is 18.2. The third-order valence-corrected chi connectivity index (χ3v) is 4.50. The fourth-order valence-corrected chi connectivity index (χ4v) is 2.89. The van der Waals surface area contributed by atoms with Crippen LogP contribution < -0.4 is 11.1 Å². The number of nitrogens with zero attached hydrogens (tertiary/aromatic N) is 2. The second kappa shape index (κ2) is 12.8. The Balaban J connectivity index is 0.00000338. The van der Waals surface area contributed by atoms with Gasteiger partial charge in [0.05, 0.1) is 18.1 Å². The highest BCUT2D eigenvalue weighted by molar-refractivity contribution is 5.85. The standard InChI is InChI=1S/C20H30N4O.2ClH/c1-4-15(2)10-16(3)23-20(25)19(21)11-18-13-24(14-22-18)12-17-8-6-5-7-9-17;;/h5-9,13-16,19H,4,10-12,21H2,1-3H3,(H,23,25);2*1H/t15?,16?,19-;;/m0../s1. The Kier molecular flexibility index (Phi) is 12.0. The number of imidazole rings is 1. The van der Waals surface area contributed by atoms with Crippen molar-refractivity contribution < 1.29 is 4.79 Å². The summed E-state index contributed by atoms with van der Waals surface area (Å²) in [6.45, 7) is 7.16. The van der Waals surface area contributed by atoms with E-state index in [-0.39, 0.29) is 36.8 Å².